The minimum Gasteiger partial charge on any atom is -0.409 e. The number of aromatic nitrogens is 3. The van der Waals surface area contributed by atoms with Gasteiger partial charge in [0.1, 0.15) is 0 Å². The number of nitrogens with zero attached hydrogens (tertiary/aromatic N) is 4. The Morgan fingerprint density at radius 2 is 2.21 bits per heavy atom. The lowest BCUT2D eigenvalue weighted by atomic mass is 10.2. The maximum Gasteiger partial charge on any atom is 0.173 e. The first-order chi connectivity index (χ1) is 9.19. The number of hydrogen-bond donors (Lipinski definition) is 2. The Labute approximate surface area is 110 Å². The Kier molecular flexibility index (Phi) is 2.70. The standard InChI is InChI=1S/C13H15N5O/c1-8-2-5-10(12(14)17-19)13(15-8)18-7-6-11(16-18)9-3-4-9/h2,5-7,9,19H,3-4H2,1H3,(H2,14,17). The Morgan fingerprint density at radius 1 is 1.42 bits per heavy atom. The van der Waals surface area contributed by atoms with Crippen molar-refractivity contribution in [3.8, 4) is 5.82 Å². The predicted octanol–water partition coefficient (Wildman–Crippen LogP) is 1.55. The lowest BCUT2D eigenvalue weighted by Gasteiger charge is -2.08. The van der Waals surface area contributed by atoms with E-state index in [-0.39, 0.29) is 5.84 Å². The number of rotatable bonds is 3. The van der Waals surface area contributed by atoms with Crippen LogP contribution in [0.2, 0.25) is 0 Å². The smallest absolute Gasteiger partial charge is 0.173 e. The molecule has 98 valence electrons. The minimum absolute atomic E-state index is 0.0333. The molecule has 2 heterocycles. The first kappa shape index (κ1) is 11.7. The number of nitrogens with two attached hydrogens (primary N) is 1. The van der Waals surface area contributed by atoms with Crippen LogP contribution in [0.15, 0.2) is 29.6 Å². The van der Waals surface area contributed by atoms with Crippen LogP contribution < -0.4 is 5.73 Å². The second kappa shape index (κ2) is 4.38. The molecular weight excluding hydrogens is 242 g/mol. The van der Waals surface area contributed by atoms with Crippen LogP contribution in [0.1, 0.15) is 35.7 Å². The summed E-state index contributed by atoms with van der Waals surface area (Å²) < 4.78 is 1.69. The molecule has 0 bridgehead atoms. The first-order valence-corrected chi connectivity index (χ1v) is 6.20. The quantitative estimate of drug-likeness (QED) is 0.378. The third-order valence-electron chi connectivity index (χ3n) is 3.22. The molecule has 1 saturated carbocycles. The average Bonchev–Trinajstić information content (AvgIpc) is 3.15. The molecule has 19 heavy (non-hydrogen) atoms. The lowest BCUT2D eigenvalue weighted by Crippen LogP contribution is -2.18. The van der Waals surface area contributed by atoms with Gasteiger partial charge >= 0.3 is 0 Å². The summed E-state index contributed by atoms with van der Waals surface area (Å²) >= 11 is 0. The molecule has 0 aromatic carbocycles. The zero-order valence-corrected chi connectivity index (χ0v) is 10.6. The highest BCUT2D eigenvalue weighted by Crippen LogP contribution is 2.39. The lowest BCUT2D eigenvalue weighted by molar-refractivity contribution is 0.318. The van der Waals surface area contributed by atoms with Gasteiger partial charge in [0.05, 0.1) is 11.3 Å². The van der Waals surface area contributed by atoms with Crippen LogP contribution in [0.3, 0.4) is 0 Å². The van der Waals surface area contributed by atoms with Crippen molar-refractivity contribution in [2.45, 2.75) is 25.7 Å². The molecule has 3 rings (SSSR count). The highest BCUT2D eigenvalue weighted by molar-refractivity contribution is 5.99. The third-order valence-corrected chi connectivity index (χ3v) is 3.22. The maximum absolute atomic E-state index is 8.84. The van der Waals surface area contributed by atoms with Crippen LogP contribution in [0.5, 0.6) is 0 Å². The summed E-state index contributed by atoms with van der Waals surface area (Å²) in [6.07, 6.45) is 4.26. The average molecular weight is 257 g/mol. The van der Waals surface area contributed by atoms with Crippen LogP contribution >= 0.6 is 0 Å². The van der Waals surface area contributed by atoms with Gasteiger partial charge in [-0.1, -0.05) is 5.16 Å². The Hall–Kier alpha value is -2.37. The Morgan fingerprint density at radius 3 is 2.89 bits per heavy atom. The summed E-state index contributed by atoms with van der Waals surface area (Å²) in [5, 5.41) is 16.4. The molecule has 1 aliphatic rings. The van der Waals surface area contributed by atoms with E-state index >= 15 is 0 Å². The molecule has 0 spiro atoms. The molecule has 6 heteroatoms. The van der Waals surface area contributed by atoms with Crippen LogP contribution in [0.4, 0.5) is 0 Å². The van der Waals surface area contributed by atoms with E-state index in [1.165, 1.54) is 12.8 Å². The molecule has 0 amide bonds. The fourth-order valence-corrected chi connectivity index (χ4v) is 2.02. The van der Waals surface area contributed by atoms with Gasteiger partial charge in [-0.05, 0) is 38.0 Å². The van der Waals surface area contributed by atoms with Crippen molar-refractivity contribution in [2.75, 3.05) is 0 Å². The molecule has 1 fully saturated rings. The molecule has 0 aliphatic heterocycles. The zero-order valence-electron chi connectivity index (χ0n) is 10.6. The molecular formula is C13H15N5O. The topological polar surface area (TPSA) is 89.3 Å². The predicted molar refractivity (Wildman–Crippen MR) is 70.6 cm³/mol. The fourth-order valence-electron chi connectivity index (χ4n) is 2.02. The highest BCUT2D eigenvalue weighted by Gasteiger charge is 2.26. The summed E-state index contributed by atoms with van der Waals surface area (Å²) in [6.45, 7) is 1.89. The van der Waals surface area contributed by atoms with Crippen molar-refractivity contribution in [2.24, 2.45) is 10.9 Å². The van der Waals surface area contributed by atoms with Crippen LogP contribution in [0.25, 0.3) is 5.82 Å². The summed E-state index contributed by atoms with van der Waals surface area (Å²) in [7, 11) is 0. The van der Waals surface area contributed by atoms with Crippen LogP contribution in [-0.4, -0.2) is 25.8 Å². The van der Waals surface area contributed by atoms with Crippen molar-refractivity contribution in [3.05, 3.63) is 41.3 Å². The summed E-state index contributed by atoms with van der Waals surface area (Å²) in [5.41, 5.74) is 8.18. The number of amidine groups is 1. The van der Waals surface area contributed by atoms with Crippen molar-refractivity contribution in [3.63, 3.8) is 0 Å². The van der Waals surface area contributed by atoms with Gasteiger partial charge in [0.2, 0.25) is 0 Å². The largest absolute Gasteiger partial charge is 0.409 e. The Balaban J connectivity index is 2.08. The third kappa shape index (κ3) is 2.16. The van der Waals surface area contributed by atoms with Gasteiger partial charge < -0.3 is 10.9 Å². The monoisotopic (exact) mass is 257 g/mol. The van der Waals surface area contributed by atoms with Gasteiger partial charge in [-0.15, -0.1) is 0 Å². The van der Waals surface area contributed by atoms with Crippen LogP contribution in [0, 0.1) is 6.92 Å². The van der Waals surface area contributed by atoms with Gasteiger partial charge in [-0.2, -0.15) is 5.10 Å². The van der Waals surface area contributed by atoms with Gasteiger partial charge in [-0.25, -0.2) is 9.67 Å². The molecule has 0 saturated heterocycles. The van der Waals surface area contributed by atoms with E-state index in [0.29, 0.717) is 17.3 Å². The normalized spacial score (nSPS) is 15.7. The van der Waals surface area contributed by atoms with E-state index in [9.17, 15) is 0 Å². The molecule has 3 N–H and O–H groups in total. The maximum atomic E-state index is 8.84. The molecule has 2 aromatic heterocycles. The summed E-state index contributed by atoms with van der Waals surface area (Å²) in [4.78, 5) is 4.43. The molecule has 6 nitrogen and oxygen atoms in total. The molecule has 0 unspecified atom stereocenters. The van der Waals surface area contributed by atoms with E-state index in [4.69, 9.17) is 10.9 Å². The SMILES string of the molecule is Cc1ccc(C(N)=NO)c(-n2ccc(C3CC3)n2)n1. The number of pyridine rings is 1. The van der Waals surface area contributed by atoms with Crippen molar-refractivity contribution < 1.29 is 5.21 Å². The highest BCUT2D eigenvalue weighted by atomic mass is 16.4. The van der Waals surface area contributed by atoms with E-state index in [2.05, 4.69) is 15.2 Å². The van der Waals surface area contributed by atoms with Gasteiger partial charge in [0.25, 0.3) is 0 Å². The molecule has 0 atom stereocenters. The second-order valence-corrected chi connectivity index (χ2v) is 4.77. The number of hydrogen-bond acceptors (Lipinski definition) is 4. The minimum atomic E-state index is 0.0333. The van der Waals surface area contributed by atoms with E-state index < -0.39 is 0 Å². The van der Waals surface area contributed by atoms with Gasteiger partial charge in [0, 0.05) is 17.8 Å². The van der Waals surface area contributed by atoms with Gasteiger partial charge in [-0.3, -0.25) is 0 Å². The van der Waals surface area contributed by atoms with Crippen LogP contribution in [-0.2, 0) is 0 Å². The zero-order chi connectivity index (χ0) is 13.4. The molecule has 2 aromatic rings. The summed E-state index contributed by atoms with van der Waals surface area (Å²) in [6, 6.07) is 5.60. The van der Waals surface area contributed by atoms with Crippen molar-refractivity contribution in [1.29, 1.82) is 0 Å². The molecule has 0 radical (unpaired) electrons. The van der Waals surface area contributed by atoms with Crippen molar-refractivity contribution in [1.82, 2.24) is 14.8 Å². The second-order valence-electron chi connectivity index (χ2n) is 4.77. The first-order valence-electron chi connectivity index (χ1n) is 6.20. The van der Waals surface area contributed by atoms with E-state index in [0.717, 1.165) is 11.4 Å². The Bertz CT molecular complexity index is 642. The molecule has 1 aliphatic carbocycles. The summed E-state index contributed by atoms with van der Waals surface area (Å²) in [5.74, 6) is 1.20. The van der Waals surface area contributed by atoms with Gasteiger partial charge in [0.15, 0.2) is 11.7 Å². The van der Waals surface area contributed by atoms with E-state index in [1.807, 2.05) is 25.3 Å². The van der Waals surface area contributed by atoms with E-state index in [1.54, 1.807) is 10.7 Å². The fraction of sp³-hybridized carbons (Fsp3) is 0.308. The number of aryl methyl sites for hydroxylation is 1. The number of oxime groups is 1. The van der Waals surface area contributed by atoms with Crippen molar-refractivity contribution >= 4 is 5.84 Å².